The van der Waals surface area contributed by atoms with E-state index in [2.05, 4.69) is 6.92 Å². The first-order chi connectivity index (χ1) is 9.61. The molecule has 1 aliphatic rings. The van der Waals surface area contributed by atoms with E-state index >= 15 is 0 Å². The summed E-state index contributed by atoms with van der Waals surface area (Å²) >= 11 is 5.95. The molecule has 112 valence electrons. The van der Waals surface area contributed by atoms with E-state index < -0.39 is 11.9 Å². The van der Waals surface area contributed by atoms with Crippen LogP contribution in [0.15, 0.2) is 18.2 Å². The Bertz CT molecular complexity index is 427. The van der Waals surface area contributed by atoms with Gasteiger partial charge in [0.1, 0.15) is 5.82 Å². The van der Waals surface area contributed by atoms with Crippen LogP contribution in [-0.4, -0.2) is 11.2 Å². The van der Waals surface area contributed by atoms with Crippen LogP contribution in [0.5, 0.6) is 0 Å². The van der Waals surface area contributed by atoms with Crippen molar-refractivity contribution in [2.24, 2.45) is 11.8 Å². The Hall–Kier alpha value is -0.600. The van der Waals surface area contributed by atoms with Crippen molar-refractivity contribution < 1.29 is 9.50 Å². The summed E-state index contributed by atoms with van der Waals surface area (Å²) in [6.45, 7) is 2.23. The highest BCUT2D eigenvalue weighted by atomic mass is 35.5. The van der Waals surface area contributed by atoms with Crippen molar-refractivity contribution >= 4 is 11.6 Å². The zero-order valence-electron chi connectivity index (χ0n) is 12.1. The van der Waals surface area contributed by atoms with Gasteiger partial charge in [0, 0.05) is 6.42 Å². The van der Waals surface area contributed by atoms with E-state index in [0.717, 1.165) is 24.3 Å². The molecule has 0 radical (unpaired) electrons. The molecule has 0 bridgehead atoms. The third-order valence-corrected chi connectivity index (χ3v) is 5.02. The second kappa shape index (κ2) is 7.42. The van der Waals surface area contributed by atoms with Crippen LogP contribution in [0.2, 0.25) is 5.02 Å². The van der Waals surface area contributed by atoms with Gasteiger partial charge in [0.15, 0.2) is 0 Å². The van der Waals surface area contributed by atoms with Crippen molar-refractivity contribution in [2.75, 3.05) is 0 Å². The summed E-state index contributed by atoms with van der Waals surface area (Å²) in [5.74, 6) is 0.770. The predicted octanol–water partition coefficient (Wildman–Crippen LogP) is 4.99. The molecule has 1 atom stereocenters. The molecule has 1 N–H and O–H groups in total. The van der Waals surface area contributed by atoms with Gasteiger partial charge in [-0.05, 0) is 36.3 Å². The molecule has 20 heavy (non-hydrogen) atoms. The Balaban J connectivity index is 1.89. The maximum absolute atomic E-state index is 13.4. The molecule has 0 heterocycles. The molecule has 0 aliphatic heterocycles. The quantitative estimate of drug-likeness (QED) is 0.812. The Morgan fingerprint density at radius 1 is 1.30 bits per heavy atom. The van der Waals surface area contributed by atoms with E-state index in [-0.39, 0.29) is 5.02 Å². The van der Waals surface area contributed by atoms with E-state index in [9.17, 15) is 9.50 Å². The first-order valence-electron chi connectivity index (χ1n) is 7.72. The summed E-state index contributed by atoms with van der Waals surface area (Å²) in [7, 11) is 0. The lowest BCUT2D eigenvalue weighted by Gasteiger charge is -2.31. The van der Waals surface area contributed by atoms with Gasteiger partial charge >= 0.3 is 0 Å². The van der Waals surface area contributed by atoms with Gasteiger partial charge in [-0.2, -0.15) is 0 Å². The lowest BCUT2D eigenvalue weighted by Crippen LogP contribution is -2.27. The van der Waals surface area contributed by atoms with Gasteiger partial charge in [0.2, 0.25) is 0 Å². The fourth-order valence-corrected chi connectivity index (χ4v) is 3.57. The molecule has 0 saturated heterocycles. The van der Waals surface area contributed by atoms with Crippen molar-refractivity contribution in [1.29, 1.82) is 0 Å². The molecule has 1 unspecified atom stereocenters. The standard InChI is InChI=1S/C17H24ClFO/c1-2-4-12-7-9-13(10-8-12)16(20)11-14-5-3-6-15(19)17(14)18/h3,5-6,12-13,16,20H,2,4,7-11H2,1H3. The van der Waals surface area contributed by atoms with Crippen molar-refractivity contribution in [3.8, 4) is 0 Å². The first-order valence-corrected chi connectivity index (χ1v) is 8.10. The smallest absolute Gasteiger partial charge is 0.142 e. The third kappa shape index (κ3) is 3.95. The van der Waals surface area contributed by atoms with Gasteiger partial charge in [-0.1, -0.05) is 56.3 Å². The molecule has 2 rings (SSSR count). The SMILES string of the molecule is CCCC1CCC(C(O)Cc2cccc(F)c2Cl)CC1. The minimum Gasteiger partial charge on any atom is -0.392 e. The Kier molecular flexibility index (Phi) is 5.86. The van der Waals surface area contributed by atoms with Gasteiger partial charge in [0.05, 0.1) is 11.1 Å². The zero-order valence-corrected chi connectivity index (χ0v) is 12.9. The maximum Gasteiger partial charge on any atom is 0.142 e. The zero-order chi connectivity index (χ0) is 14.5. The fraction of sp³-hybridized carbons (Fsp3) is 0.647. The lowest BCUT2D eigenvalue weighted by atomic mass is 9.77. The largest absolute Gasteiger partial charge is 0.392 e. The lowest BCUT2D eigenvalue weighted by molar-refractivity contribution is 0.0728. The van der Waals surface area contributed by atoms with Crippen molar-refractivity contribution in [2.45, 2.75) is 58.0 Å². The van der Waals surface area contributed by atoms with Crippen molar-refractivity contribution in [3.63, 3.8) is 0 Å². The van der Waals surface area contributed by atoms with Crippen LogP contribution in [0, 0.1) is 17.7 Å². The molecule has 3 heteroatoms. The molecule has 1 saturated carbocycles. The predicted molar refractivity (Wildman–Crippen MR) is 81.5 cm³/mol. The molecular weight excluding hydrogens is 275 g/mol. The average molecular weight is 299 g/mol. The van der Waals surface area contributed by atoms with Crippen molar-refractivity contribution in [1.82, 2.24) is 0 Å². The fourth-order valence-electron chi connectivity index (χ4n) is 3.37. The summed E-state index contributed by atoms with van der Waals surface area (Å²) in [4.78, 5) is 0. The first kappa shape index (κ1) is 15.8. The van der Waals surface area contributed by atoms with Gasteiger partial charge in [-0.3, -0.25) is 0 Å². The van der Waals surface area contributed by atoms with Crippen LogP contribution >= 0.6 is 11.6 Å². The topological polar surface area (TPSA) is 20.2 Å². The van der Waals surface area contributed by atoms with E-state index in [0.29, 0.717) is 12.3 Å². The van der Waals surface area contributed by atoms with Gasteiger partial charge < -0.3 is 5.11 Å². The normalized spacial score (nSPS) is 24.6. The van der Waals surface area contributed by atoms with Gasteiger partial charge in [-0.15, -0.1) is 0 Å². The van der Waals surface area contributed by atoms with Crippen LogP contribution in [-0.2, 0) is 6.42 Å². The van der Waals surface area contributed by atoms with E-state index in [1.54, 1.807) is 12.1 Å². The molecule has 0 amide bonds. The second-order valence-electron chi connectivity index (χ2n) is 6.05. The number of halogens is 2. The number of benzene rings is 1. The molecule has 1 aromatic rings. The van der Waals surface area contributed by atoms with Gasteiger partial charge in [-0.25, -0.2) is 4.39 Å². The molecule has 0 spiro atoms. The van der Waals surface area contributed by atoms with Crippen molar-refractivity contribution in [3.05, 3.63) is 34.6 Å². The molecule has 1 nitrogen and oxygen atoms in total. The third-order valence-electron chi connectivity index (χ3n) is 4.59. The summed E-state index contributed by atoms with van der Waals surface area (Å²) in [5, 5.41) is 10.5. The van der Waals surface area contributed by atoms with Crippen LogP contribution < -0.4 is 0 Å². The van der Waals surface area contributed by atoms with Crippen LogP contribution in [0.3, 0.4) is 0 Å². The number of aliphatic hydroxyl groups is 1. The molecular formula is C17H24ClFO. The number of hydrogen-bond acceptors (Lipinski definition) is 1. The Morgan fingerprint density at radius 3 is 2.65 bits per heavy atom. The highest BCUT2D eigenvalue weighted by Gasteiger charge is 2.26. The number of hydrogen-bond donors (Lipinski definition) is 1. The van der Waals surface area contributed by atoms with E-state index in [4.69, 9.17) is 11.6 Å². The van der Waals surface area contributed by atoms with Crippen LogP contribution in [0.25, 0.3) is 0 Å². The van der Waals surface area contributed by atoms with Crippen LogP contribution in [0.4, 0.5) is 4.39 Å². The van der Waals surface area contributed by atoms with Crippen LogP contribution in [0.1, 0.15) is 51.0 Å². The number of aliphatic hydroxyl groups excluding tert-OH is 1. The summed E-state index contributed by atoms with van der Waals surface area (Å²) in [6, 6.07) is 4.81. The van der Waals surface area contributed by atoms with E-state index in [1.807, 2.05) is 0 Å². The minimum absolute atomic E-state index is 0.159. The molecule has 0 aromatic heterocycles. The molecule has 1 aromatic carbocycles. The maximum atomic E-state index is 13.4. The number of rotatable bonds is 5. The summed E-state index contributed by atoms with van der Waals surface area (Å²) in [6.07, 6.45) is 7.20. The highest BCUT2D eigenvalue weighted by Crippen LogP contribution is 2.34. The minimum atomic E-state index is -0.406. The summed E-state index contributed by atoms with van der Waals surface area (Å²) in [5.41, 5.74) is 0.717. The molecule has 1 aliphatic carbocycles. The monoisotopic (exact) mass is 298 g/mol. The van der Waals surface area contributed by atoms with E-state index in [1.165, 1.54) is 31.7 Å². The molecule has 1 fully saturated rings. The second-order valence-corrected chi connectivity index (χ2v) is 6.43. The Labute approximate surface area is 126 Å². The Morgan fingerprint density at radius 2 is 2.00 bits per heavy atom. The average Bonchev–Trinajstić information content (AvgIpc) is 2.45. The summed E-state index contributed by atoms with van der Waals surface area (Å²) < 4.78 is 13.4. The van der Waals surface area contributed by atoms with Gasteiger partial charge in [0.25, 0.3) is 0 Å². The highest BCUT2D eigenvalue weighted by molar-refractivity contribution is 6.31.